The molecule has 0 unspecified atom stereocenters. The number of rotatable bonds is 24. The Labute approximate surface area is 626 Å². The number of piperazine rings is 2. The molecule has 0 aliphatic carbocycles. The van der Waals surface area contributed by atoms with Crippen LogP contribution in [0.15, 0.2) is 235 Å². The molecule has 0 saturated carbocycles. The monoisotopic (exact) mass is 1540 g/mol. The van der Waals surface area contributed by atoms with Crippen LogP contribution in [0.2, 0.25) is 0 Å². The number of nitrogens with zero attached hydrogens (tertiary/aromatic N) is 6. The van der Waals surface area contributed by atoms with Gasteiger partial charge in [0.2, 0.25) is 11.8 Å². The summed E-state index contributed by atoms with van der Waals surface area (Å²) in [5, 5.41) is 25.3. The number of benzene rings is 8. The van der Waals surface area contributed by atoms with Gasteiger partial charge in [-0.2, -0.15) is 6.42 Å². The maximum atomic E-state index is 14.6. The van der Waals surface area contributed by atoms with Gasteiger partial charge in [-0.1, -0.05) is 255 Å². The fraction of sp³-hybridized carbons (Fsp3) is 0.369. The summed E-state index contributed by atoms with van der Waals surface area (Å²) in [6, 6.07) is 73.5. The van der Waals surface area contributed by atoms with Gasteiger partial charge in [0.25, 0.3) is 0 Å². The quantitative estimate of drug-likeness (QED) is 0.0443. The van der Waals surface area contributed by atoms with E-state index >= 15 is 0 Å². The fourth-order valence-corrected chi connectivity index (χ4v) is 13.2. The Balaban J connectivity index is 0.000000267. The number of carbonyl (C=O) groups is 4. The molecule has 0 bridgehead atoms. The zero-order valence-corrected chi connectivity index (χ0v) is 66.3. The van der Waals surface area contributed by atoms with Crippen LogP contribution in [0.4, 0.5) is 9.59 Å². The summed E-state index contributed by atoms with van der Waals surface area (Å²) in [4.78, 5) is 67.5. The van der Waals surface area contributed by atoms with Crippen LogP contribution in [-0.4, -0.2) is 137 Å². The van der Waals surface area contributed by atoms with Gasteiger partial charge in [-0.05, 0) is 123 Å². The first-order chi connectivity index (χ1) is 48.6. The average Bonchev–Trinajstić information content (AvgIpc) is 0.783. The molecular formula is C84H102Br2N6O8Zn. The zero-order valence-electron chi connectivity index (χ0n) is 60.2. The van der Waals surface area contributed by atoms with Crippen LogP contribution < -0.4 is 0 Å². The van der Waals surface area contributed by atoms with Gasteiger partial charge in [0.05, 0.1) is 12.2 Å². The number of halogens is 2. The van der Waals surface area contributed by atoms with Crippen molar-refractivity contribution >= 4 is 53.6 Å². The van der Waals surface area contributed by atoms with Gasteiger partial charge in [0, 0.05) is 82.0 Å². The second kappa shape index (κ2) is 41.1. The molecule has 8 aromatic rings. The minimum absolute atomic E-state index is 0.246. The van der Waals surface area contributed by atoms with Gasteiger partial charge in [-0.15, -0.1) is 0 Å². The predicted molar refractivity (Wildman–Crippen MR) is 408 cm³/mol. The third-order valence-corrected chi connectivity index (χ3v) is 17.8. The van der Waals surface area contributed by atoms with Crippen molar-refractivity contribution in [3.05, 3.63) is 292 Å². The average molecular weight is 1550 g/mol. The van der Waals surface area contributed by atoms with E-state index in [1.807, 2.05) is 185 Å². The molecule has 2 fully saturated rings. The number of aliphatic hydroxyl groups is 2. The second-order valence-corrected chi connectivity index (χ2v) is 28.6. The predicted octanol–water partition coefficient (Wildman–Crippen LogP) is 16.4. The Morgan fingerprint density at radius 3 is 1.06 bits per heavy atom. The van der Waals surface area contributed by atoms with E-state index in [0.29, 0.717) is 65.2 Å². The summed E-state index contributed by atoms with van der Waals surface area (Å²) in [6.07, 6.45) is 0.274. The standard InChI is InChI=1S/C42H51N3O4.C39H44BrN3O4.C3H7.BrH.Zn/c1-5-16-32-23-15-24-36(27-32)28-37(44(30-34-19-11-7-12-20-34)31-35-21-13-8-14-22-35)39(46)38-40(47)43(29-33-17-9-6-10-18-33)25-26-45(38)41(48)49-42(2,3)4;1-39(2,3)47-38(46)43-23-22-41(26-29-14-7-4-8-15-29)37(45)35(43)36(44)34(25-32-20-13-21-33(40)24-32)42(27-30-16-9-5-10-17-30)28-31-18-11-6-12-19-31;1-3-2;;/h6-15,17-24,27,37-39,46H,5,16,25-26,28-31H2,1-4H3;4-21,24,34-36,44H,22-23,25-28H2,1-3H3;1,3H2,2H3;1H;/q;;-1;;+2/p-1/t37-,38+,39+;34-,35-,36-;;;/m10.../s1. The second-order valence-electron chi connectivity index (χ2n) is 27.7. The molecule has 14 nitrogen and oxygen atoms in total. The van der Waals surface area contributed by atoms with Crippen LogP contribution in [0, 0.1) is 6.92 Å². The molecule has 0 spiro atoms. The summed E-state index contributed by atoms with van der Waals surface area (Å²) < 4.78 is 12.6. The normalized spacial score (nSPS) is 16.0. The molecule has 17 heteroatoms. The van der Waals surface area contributed by atoms with Crippen LogP contribution >= 0.6 is 29.6 Å². The third kappa shape index (κ3) is 25.8. The molecule has 8 aromatic carbocycles. The Morgan fingerprint density at radius 1 is 0.465 bits per heavy atom. The summed E-state index contributed by atoms with van der Waals surface area (Å²) in [5.74, 6) is -0.574. The van der Waals surface area contributed by atoms with Crippen molar-refractivity contribution in [1.29, 1.82) is 0 Å². The topological polar surface area (TPSA) is 147 Å². The van der Waals surface area contributed by atoms with Gasteiger partial charge in [0.1, 0.15) is 23.3 Å². The zero-order chi connectivity index (χ0) is 72.9. The number of ether oxygens (including phenoxy) is 2. The van der Waals surface area contributed by atoms with Crippen molar-refractivity contribution in [3.63, 3.8) is 0 Å². The summed E-state index contributed by atoms with van der Waals surface area (Å²) in [5.41, 5.74) is 8.14. The molecule has 6 atom stereocenters. The first-order valence-corrected chi connectivity index (χ1v) is 42.9. The molecule has 2 heterocycles. The first kappa shape index (κ1) is 81.0. The van der Waals surface area contributed by atoms with E-state index in [9.17, 15) is 29.4 Å². The molecule has 2 saturated heterocycles. The molecule has 0 aromatic heterocycles. The molecule has 2 N–H and O–H groups in total. The Bertz CT molecular complexity index is 3660. The Kier molecular flexibility index (Phi) is 32.9. The van der Waals surface area contributed by atoms with Gasteiger partial charge >= 0.3 is 42.2 Å². The third-order valence-electron chi connectivity index (χ3n) is 17.3. The molecule has 10 rings (SSSR count). The fourth-order valence-electron chi connectivity index (χ4n) is 12.8. The van der Waals surface area contributed by atoms with E-state index < -0.39 is 59.8 Å². The van der Waals surface area contributed by atoms with Crippen LogP contribution in [0.1, 0.15) is 118 Å². The number of amides is 4. The van der Waals surface area contributed by atoms with Crippen LogP contribution in [0.3, 0.4) is 0 Å². The van der Waals surface area contributed by atoms with Crippen molar-refractivity contribution < 1.29 is 55.2 Å². The molecule has 0 radical (unpaired) electrons. The SMILES string of the molecule is CC(C)(C)OC(=O)N1CCN(Cc2ccccc2)C(=O)[C@@H]1[C@@H](O)[C@H](Cc1cccc(Br)c1)N(Cc1ccccc1)Cc1ccccc1.CCCc1cccc(C[C@H]([C@H](O)[C@H]2C(=O)N(Cc3ccccc3)CCN2C(=O)OC(C)(C)C)N(Cc2ccccc2)Cc2ccccc2)c1.[CH2-]CC.[Zn+][Br]. The van der Waals surface area contributed by atoms with E-state index in [1.54, 1.807) is 30.6 Å². The molecule has 101 heavy (non-hydrogen) atoms. The Morgan fingerprint density at radius 2 is 0.752 bits per heavy atom. The number of hydrogen-bond donors (Lipinski definition) is 2. The van der Waals surface area contributed by atoms with E-state index in [1.165, 1.54) is 31.7 Å². The summed E-state index contributed by atoms with van der Waals surface area (Å²) in [7, 11) is 0. The number of hydrogen-bond acceptors (Lipinski definition) is 10. The number of aliphatic hydroxyl groups excluding tert-OH is 2. The molecule has 4 amide bonds. The summed E-state index contributed by atoms with van der Waals surface area (Å²) >= 11 is 7.86. The van der Waals surface area contributed by atoms with Crippen molar-refractivity contribution in [2.24, 2.45) is 0 Å². The van der Waals surface area contributed by atoms with Crippen molar-refractivity contribution in [3.8, 4) is 0 Å². The molecular weight excluding hydrogens is 1450 g/mol. The van der Waals surface area contributed by atoms with E-state index in [4.69, 9.17) is 9.47 Å². The molecule has 2 aliphatic rings. The van der Waals surface area contributed by atoms with E-state index in [0.717, 1.165) is 68.2 Å². The van der Waals surface area contributed by atoms with Gasteiger partial charge < -0.3 is 36.4 Å². The molecule has 2 aliphatic heterocycles. The van der Waals surface area contributed by atoms with Gasteiger partial charge in [0.15, 0.2) is 0 Å². The maximum absolute atomic E-state index is 14.6. The number of aryl methyl sites for hydroxylation is 1. The number of carbonyl (C=O) groups excluding carboxylic acids is 4. The van der Waals surface area contributed by atoms with Crippen molar-refractivity contribution in [1.82, 2.24) is 29.4 Å². The van der Waals surface area contributed by atoms with Crippen molar-refractivity contribution in [2.45, 2.75) is 174 Å². The first-order valence-electron chi connectivity index (χ1n) is 35.1. The van der Waals surface area contributed by atoms with E-state index in [-0.39, 0.29) is 24.9 Å². The van der Waals surface area contributed by atoms with Crippen molar-refractivity contribution in [2.75, 3.05) is 26.2 Å². The van der Waals surface area contributed by atoms with Gasteiger partial charge in [-0.3, -0.25) is 29.2 Å². The molecule has 532 valence electrons. The van der Waals surface area contributed by atoms with Crippen LogP contribution in [0.25, 0.3) is 0 Å². The van der Waals surface area contributed by atoms with E-state index in [2.05, 4.69) is 126 Å². The summed E-state index contributed by atoms with van der Waals surface area (Å²) in [6.45, 7) is 22.7. The van der Waals surface area contributed by atoms with Gasteiger partial charge in [-0.25, -0.2) is 9.59 Å². The van der Waals surface area contributed by atoms with Crippen LogP contribution in [-0.2, 0) is 93.9 Å². The van der Waals surface area contributed by atoms with Crippen LogP contribution in [0.5, 0.6) is 0 Å². The minimum atomic E-state index is -1.24. The Hall–Kier alpha value is -7.34.